The molecule has 0 unspecified atom stereocenters. The number of nitrogens with one attached hydrogen (secondary N) is 1. The Hall–Kier alpha value is -3.45. The zero-order valence-electron chi connectivity index (χ0n) is 14.5. The number of hydrogen-bond acceptors (Lipinski definition) is 5. The summed E-state index contributed by atoms with van der Waals surface area (Å²) in [4.78, 5) is 17.3. The van der Waals surface area contributed by atoms with Crippen molar-refractivity contribution in [3.05, 3.63) is 90.1 Å². The minimum atomic E-state index is -0.501. The zero-order valence-corrected chi connectivity index (χ0v) is 15.3. The van der Waals surface area contributed by atoms with Crippen LogP contribution in [0.1, 0.15) is 16.1 Å². The van der Waals surface area contributed by atoms with Crippen molar-refractivity contribution < 1.29 is 13.6 Å². The van der Waals surface area contributed by atoms with Gasteiger partial charge in [0.25, 0.3) is 5.91 Å². The number of carbonyl (C=O) groups is 1. The van der Waals surface area contributed by atoms with E-state index in [4.69, 9.17) is 4.42 Å². The number of halogens is 1. The number of carbonyl (C=O) groups excluding carboxylic acids is 1. The summed E-state index contributed by atoms with van der Waals surface area (Å²) in [5.41, 5.74) is 3.44. The van der Waals surface area contributed by atoms with E-state index in [-0.39, 0.29) is 5.56 Å². The van der Waals surface area contributed by atoms with Crippen molar-refractivity contribution in [2.24, 2.45) is 5.10 Å². The van der Waals surface area contributed by atoms with Gasteiger partial charge in [-0.25, -0.2) is 9.82 Å². The molecule has 0 atom stereocenters. The standard InChI is InChI=1S/C21H14FN3O2S/c22-16-7-1-5-15(12-16)21(26)25-24-13-17-9-10-19(27-17)28-18-8-2-4-14-6-3-11-23-20(14)18/h1-13H,(H,25,26). The monoisotopic (exact) mass is 391 g/mol. The maximum atomic E-state index is 13.2. The smallest absolute Gasteiger partial charge is 0.271 e. The molecule has 0 radical (unpaired) electrons. The second kappa shape index (κ2) is 8.06. The van der Waals surface area contributed by atoms with Crippen LogP contribution in [0.2, 0.25) is 0 Å². The average molecular weight is 391 g/mol. The van der Waals surface area contributed by atoms with Crippen molar-refractivity contribution in [3.8, 4) is 0 Å². The van der Waals surface area contributed by atoms with Crippen molar-refractivity contribution in [1.29, 1.82) is 0 Å². The number of nitrogens with zero attached hydrogens (tertiary/aromatic N) is 2. The fraction of sp³-hybridized carbons (Fsp3) is 0. The molecule has 2 heterocycles. The van der Waals surface area contributed by atoms with Gasteiger partial charge in [0.05, 0.1) is 11.7 Å². The van der Waals surface area contributed by atoms with Gasteiger partial charge in [-0.15, -0.1) is 0 Å². The highest BCUT2D eigenvalue weighted by Gasteiger charge is 2.08. The molecule has 4 rings (SSSR count). The van der Waals surface area contributed by atoms with Gasteiger partial charge in [-0.1, -0.05) is 24.3 Å². The van der Waals surface area contributed by atoms with E-state index >= 15 is 0 Å². The topological polar surface area (TPSA) is 67.5 Å². The van der Waals surface area contributed by atoms with Gasteiger partial charge < -0.3 is 4.42 Å². The van der Waals surface area contributed by atoms with Crippen LogP contribution in [0.25, 0.3) is 10.9 Å². The number of furan rings is 1. The predicted octanol–water partition coefficient (Wildman–Crippen LogP) is 4.88. The van der Waals surface area contributed by atoms with Crippen LogP contribution >= 0.6 is 11.8 Å². The molecule has 0 saturated heterocycles. The zero-order chi connectivity index (χ0) is 19.3. The van der Waals surface area contributed by atoms with Crippen LogP contribution in [0, 0.1) is 5.82 Å². The molecule has 138 valence electrons. The van der Waals surface area contributed by atoms with Crippen LogP contribution in [-0.2, 0) is 0 Å². The normalized spacial score (nSPS) is 11.2. The molecule has 0 bridgehead atoms. The minimum absolute atomic E-state index is 0.191. The van der Waals surface area contributed by atoms with E-state index in [0.29, 0.717) is 10.9 Å². The van der Waals surface area contributed by atoms with Gasteiger partial charge in [0.1, 0.15) is 11.6 Å². The largest absolute Gasteiger partial charge is 0.448 e. The Morgan fingerprint density at radius 3 is 2.86 bits per heavy atom. The Labute approximate surface area is 164 Å². The maximum Gasteiger partial charge on any atom is 0.271 e. The average Bonchev–Trinajstić information content (AvgIpc) is 3.15. The molecule has 0 aliphatic heterocycles. The van der Waals surface area contributed by atoms with Crippen molar-refractivity contribution in [2.45, 2.75) is 9.99 Å². The predicted molar refractivity (Wildman–Crippen MR) is 106 cm³/mol. The second-order valence-electron chi connectivity index (χ2n) is 5.80. The summed E-state index contributed by atoms with van der Waals surface area (Å²) in [6.07, 6.45) is 3.15. The van der Waals surface area contributed by atoms with E-state index in [0.717, 1.165) is 21.9 Å². The SMILES string of the molecule is O=C(NN=Cc1ccc(Sc2cccc3cccnc23)o1)c1cccc(F)c1. The number of rotatable bonds is 5. The third-order valence-electron chi connectivity index (χ3n) is 3.85. The fourth-order valence-corrected chi connectivity index (χ4v) is 3.48. The molecule has 0 aliphatic rings. The lowest BCUT2D eigenvalue weighted by Gasteiger charge is -2.02. The molecule has 28 heavy (non-hydrogen) atoms. The first-order valence-electron chi connectivity index (χ1n) is 8.39. The van der Waals surface area contributed by atoms with Gasteiger partial charge >= 0.3 is 0 Å². The van der Waals surface area contributed by atoms with Crippen molar-refractivity contribution >= 4 is 34.8 Å². The first kappa shape index (κ1) is 17.9. The number of hydrogen-bond donors (Lipinski definition) is 1. The summed E-state index contributed by atoms with van der Waals surface area (Å²) < 4.78 is 18.9. The summed E-state index contributed by atoms with van der Waals surface area (Å²) in [5, 5.41) is 5.59. The molecule has 4 aromatic rings. The number of hydrazone groups is 1. The minimum Gasteiger partial charge on any atom is -0.448 e. The Morgan fingerprint density at radius 1 is 1.11 bits per heavy atom. The van der Waals surface area contributed by atoms with Crippen molar-refractivity contribution in [1.82, 2.24) is 10.4 Å². The third-order valence-corrected chi connectivity index (χ3v) is 4.82. The quantitative estimate of drug-likeness (QED) is 0.389. The Bertz CT molecular complexity index is 1170. The number of fused-ring (bicyclic) bond motifs is 1. The van der Waals surface area contributed by atoms with Gasteiger partial charge in [0, 0.05) is 22.0 Å². The van der Waals surface area contributed by atoms with Gasteiger partial charge in [-0.2, -0.15) is 5.10 Å². The molecule has 1 amide bonds. The lowest BCUT2D eigenvalue weighted by molar-refractivity contribution is 0.0954. The molecule has 0 saturated carbocycles. The number of para-hydroxylation sites is 1. The number of benzene rings is 2. The fourth-order valence-electron chi connectivity index (χ4n) is 2.57. The number of pyridine rings is 1. The molecule has 0 fully saturated rings. The first-order chi connectivity index (χ1) is 13.7. The van der Waals surface area contributed by atoms with E-state index in [1.807, 2.05) is 36.4 Å². The third kappa shape index (κ3) is 4.10. The maximum absolute atomic E-state index is 13.2. The Kier molecular flexibility index (Phi) is 5.16. The Balaban J connectivity index is 1.43. The molecule has 7 heteroatoms. The van der Waals surface area contributed by atoms with Crippen LogP contribution in [0.3, 0.4) is 0 Å². The molecule has 2 aromatic carbocycles. The van der Waals surface area contributed by atoms with Crippen LogP contribution in [0.15, 0.2) is 92.4 Å². The summed E-state index contributed by atoms with van der Waals surface area (Å²) in [6, 6.07) is 18.8. The van der Waals surface area contributed by atoms with Crippen molar-refractivity contribution in [2.75, 3.05) is 0 Å². The van der Waals surface area contributed by atoms with Crippen LogP contribution < -0.4 is 5.43 Å². The first-order valence-corrected chi connectivity index (χ1v) is 9.21. The molecular weight excluding hydrogens is 377 g/mol. The van der Waals surface area contributed by atoms with E-state index in [9.17, 15) is 9.18 Å². The Morgan fingerprint density at radius 2 is 1.96 bits per heavy atom. The molecule has 0 aliphatic carbocycles. The molecule has 1 N–H and O–H groups in total. The summed E-state index contributed by atoms with van der Waals surface area (Å²) in [6.45, 7) is 0. The van der Waals surface area contributed by atoms with Gasteiger partial charge in [-0.3, -0.25) is 9.78 Å². The van der Waals surface area contributed by atoms with Gasteiger partial charge in [0.2, 0.25) is 0 Å². The van der Waals surface area contributed by atoms with Crippen molar-refractivity contribution in [3.63, 3.8) is 0 Å². The number of aromatic nitrogens is 1. The highest BCUT2D eigenvalue weighted by Crippen LogP contribution is 2.33. The van der Waals surface area contributed by atoms with E-state index < -0.39 is 11.7 Å². The summed E-state index contributed by atoms with van der Waals surface area (Å²) >= 11 is 1.46. The van der Waals surface area contributed by atoms with Crippen LogP contribution in [0.4, 0.5) is 4.39 Å². The molecule has 0 spiro atoms. The van der Waals surface area contributed by atoms with Gasteiger partial charge in [0.15, 0.2) is 5.09 Å². The van der Waals surface area contributed by atoms with E-state index in [2.05, 4.69) is 15.5 Å². The van der Waals surface area contributed by atoms with E-state index in [1.54, 1.807) is 12.3 Å². The highest BCUT2D eigenvalue weighted by molar-refractivity contribution is 7.99. The molecule has 2 aromatic heterocycles. The lowest BCUT2D eigenvalue weighted by atomic mass is 10.2. The molecular formula is C21H14FN3O2S. The lowest BCUT2D eigenvalue weighted by Crippen LogP contribution is -2.17. The highest BCUT2D eigenvalue weighted by atomic mass is 32.2. The molecule has 5 nitrogen and oxygen atoms in total. The van der Waals surface area contributed by atoms with E-state index in [1.165, 1.54) is 36.2 Å². The summed E-state index contributed by atoms with van der Waals surface area (Å²) in [7, 11) is 0. The van der Waals surface area contributed by atoms with Crippen LogP contribution in [0.5, 0.6) is 0 Å². The second-order valence-corrected chi connectivity index (χ2v) is 6.85. The number of amides is 1. The van der Waals surface area contributed by atoms with Gasteiger partial charge in [-0.05, 0) is 54.2 Å². The van der Waals surface area contributed by atoms with Crippen LogP contribution in [-0.4, -0.2) is 17.1 Å². The summed E-state index contributed by atoms with van der Waals surface area (Å²) in [5.74, 6) is -0.499.